The molecule has 0 amide bonds. The third-order valence-electron chi connectivity index (χ3n) is 5.43. The van der Waals surface area contributed by atoms with Crippen LogP contribution in [0.15, 0.2) is 60.8 Å². The maximum atomic E-state index is 11.9. The standard InChI is InChI=1S/C31H50O6/c1-3-5-7-9-10-11-12-13-14-15-16-18-19-22-28(33)23-21-25-30(34)36-27-29(26-32)37-31(35)24-20-17-8-6-4-2/h5,7,10-11,13-14,16,18-19,22,28-29,32-33H,3-4,6,8-9,12,15,17,20-21,23-27H2,1-2H3/b7-5-,11-10-,14-13-,18-16-,22-19+/t28?,29-/m0/s1. The molecule has 0 saturated carbocycles. The topological polar surface area (TPSA) is 93.1 Å². The second-order valence-corrected chi connectivity index (χ2v) is 8.94. The summed E-state index contributed by atoms with van der Waals surface area (Å²) in [6.07, 6.45) is 29.1. The summed E-state index contributed by atoms with van der Waals surface area (Å²) in [6, 6.07) is 0. The van der Waals surface area contributed by atoms with Crippen LogP contribution in [0.4, 0.5) is 0 Å². The summed E-state index contributed by atoms with van der Waals surface area (Å²) in [7, 11) is 0. The van der Waals surface area contributed by atoms with E-state index in [0.29, 0.717) is 19.3 Å². The lowest BCUT2D eigenvalue weighted by molar-refractivity contribution is -0.161. The first-order chi connectivity index (χ1) is 18.0. The van der Waals surface area contributed by atoms with Crippen LogP contribution < -0.4 is 0 Å². The number of hydrogen-bond acceptors (Lipinski definition) is 6. The average Bonchev–Trinajstić information content (AvgIpc) is 2.89. The fourth-order valence-corrected chi connectivity index (χ4v) is 3.28. The van der Waals surface area contributed by atoms with Gasteiger partial charge in [0.25, 0.3) is 0 Å². The molecule has 0 radical (unpaired) electrons. The Morgan fingerprint density at radius 2 is 1.38 bits per heavy atom. The molecule has 0 aliphatic carbocycles. The van der Waals surface area contributed by atoms with Gasteiger partial charge < -0.3 is 19.7 Å². The van der Waals surface area contributed by atoms with E-state index in [-0.39, 0.29) is 19.0 Å². The van der Waals surface area contributed by atoms with Crippen LogP contribution in [0, 0.1) is 0 Å². The molecule has 0 rings (SSSR count). The predicted octanol–water partition coefficient (Wildman–Crippen LogP) is 6.69. The van der Waals surface area contributed by atoms with Crippen LogP contribution in [0.25, 0.3) is 0 Å². The van der Waals surface area contributed by atoms with Crippen molar-refractivity contribution in [2.24, 2.45) is 0 Å². The third kappa shape index (κ3) is 25.0. The van der Waals surface area contributed by atoms with Crippen LogP contribution in [0.5, 0.6) is 0 Å². The molecule has 0 aliphatic rings. The Kier molecular flexibility index (Phi) is 24.9. The molecule has 0 saturated heterocycles. The molecule has 0 aromatic heterocycles. The molecule has 6 nitrogen and oxygen atoms in total. The number of esters is 2. The fraction of sp³-hybridized carbons (Fsp3) is 0.613. The van der Waals surface area contributed by atoms with E-state index in [2.05, 4.69) is 50.3 Å². The number of carbonyl (C=O) groups is 2. The highest BCUT2D eigenvalue weighted by molar-refractivity contribution is 5.70. The van der Waals surface area contributed by atoms with Gasteiger partial charge in [-0.3, -0.25) is 9.59 Å². The van der Waals surface area contributed by atoms with Crippen molar-refractivity contribution in [2.45, 2.75) is 110 Å². The van der Waals surface area contributed by atoms with Gasteiger partial charge in [0.2, 0.25) is 0 Å². The quantitative estimate of drug-likeness (QED) is 0.0678. The van der Waals surface area contributed by atoms with E-state index in [9.17, 15) is 19.8 Å². The predicted molar refractivity (Wildman–Crippen MR) is 151 cm³/mol. The Bertz CT molecular complexity index is 704. The molecule has 0 spiro atoms. The van der Waals surface area contributed by atoms with Crippen LogP contribution in [0.1, 0.15) is 97.3 Å². The summed E-state index contributed by atoms with van der Waals surface area (Å²) in [5.41, 5.74) is 0. The molecule has 37 heavy (non-hydrogen) atoms. The first kappa shape index (κ1) is 34.6. The van der Waals surface area contributed by atoms with Gasteiger partial charge in [-0.1, -0.05) is 100 Å². The Balaban J connectivity index is 3.91. The molecular formula is C31H50O6. The molecule has 1 unspecified atom stereocenters. The van der Waals surface area contributed by atoms with Gasteiger partial charge in [-0.15, -0.1) is 0 Å². The molecule has 0 aromatic rings. The van der Waals surface area contributed by atoms with E-state index in [4.69, 9.17) is 9.47 Å². The van der Waals surface area contributed by atoms with Crippen LogP contribution in [-0.4, -0.2) is 47.6 Å². The normalized spacial score (nSPS) is 13.9. The fourth-order valence-electron chi connectivity index (χ4n) is 3.28. The van der Waals surface area contributed by atoms with Gasteiger partial charge in [0.05, 0.1) is 12.7 Å². The molecule has 0 aromatic carbocycles. The van der Waals surface area contributed by atoms with Crippen molar-refractivity contribution in [2.75, 3.05) is 13.2 Å². The zero-order valence-corrected chi connectivity index (χ0v) is 23.1. The van der Waals surface area contributed by atoms with Crippen molar-refractivity contribution in [3.63, 3.8) is 0 Å². The lowest BCUT2D eigenvalue weighted by Gasteiger charge is -2.16. The van der Waals surface area contributed by atoms with Gasteiger partial charge in [0.15, 0.2) is 6.10 Å². The van der Waals surface area contributed by atoms with E-state index < -0.39 is 24.8 Å². The van der Waals surface area contributed by atoms with Gasteiger partial charge >= 0.3 is 11.9 Å². The van der Waals surface area contributed by atoms with Crippen molar-refractivity contribution < 1.29 is 29.3 Å². The highest BCUT2D eigenvalue weighted by Gasteiger charge is 2.16. The number of allylic oxidation sites excluding steroid dienone is 9. The van der Waals surface area contributed by atoms with Crippen LogP contribution in [0.2, 0.25) is 0 Å². The molecule has 0 aliphatic heterocycles. The van der Waals surface area contributed by atoms with Gasteiger partial charge in [-0.2, -0.15) is 0 Å². The van der Waals surface area contributed by atoms with Crippen LogP contribution in [-0.2, 0) is 19.1 Å². The highest BCUT2D eigenvalue weighted by Crippen LogP contribution is 2.08. The number of rotatable bonds is 23. The second kappa shape index (κ2) is 26.6. The first-order valence-electron chi connectivity index (χ1n) is 14.0. The number of aliphatic hydroxyl groups excluding tert-OH is 2. The number of hydrogen-bond donors (Lipinski definition) is 2. The van der Waals surface area contributed by atoms with E-state index >= 15 is 0 Å². The van der Waals surface area contributed by atoms with Gasteiger partial charge in [0, 0.05) is 12.8 Å². The summed E-state index contributed by atoms with van der Waals surface area (Å²) < 4.78 is 10.3. The Labute approximate surface area is 224 Å². The van der Waals surface area contributed by atoms with Gasteiger partial charge in [-0.25, -0.2) is 0 Å². The molecule has 2 atom stereocenters. The molecule has 0 fully saturated rings. The number of unbranched alkanes of at least 4 members (excludes halogenated alkanes) is 4. The molecular weight excluding hydrogens is 468 g/mol. The van der Waals surface area contributed by atoms with Crippen LogP contribution in [0.3, 0.4) is 0 Å². The summed E-state index contributed by atoms with van der Waals surface area (Å²) in [4.78, 5) is 23.8. The zero-order valence-electron chi connectivity index (χ0n) is 23.1. The largest absolute Gasteiger partial charge is 0.462 e. The summed E-state index contributed by atoms with van der Waals surface area (Å²) in [6.45, 7) is 3.71. The zero-order chi connectivity index (χ0) is 27.4. The SMILES string of the molecule is CC/C=C\C/C=C\C/C=C\C/C=C\C=C\C(O)CCCC(=O)OC[C@H](CO)OC(=O)CCCCCCC. The van der Waals surface area contributed by atoms with Gasteiger partial charge in [-0.05, 0) is 44.9 Å². The number of ether oxygens (including phenoxy) is 2. The van der Waals surface area contributed by atoms with Crippen molar-refractivity contribution in [1.82, 2.24) is 0 Å². The summed E-state index contributed by atoms with van der Waals surface area (Å²) in [5.74, 6) is -0.820. The summed E-state index contributed by atoms with van der Waals surface area (Å²) >= 11 is 0. The highest BCUT2D eigenvalue weighted by atomic mass is 16.6. The lowest BCUT2D eigenvalue weighted by atomic mass is 10.1. The lowest BCUT2D eigenvalue weighted by Crippen LogP contribution is -2.28. The van der Waals surface area contributed by atoms with E-state index in [1.54, 1.807) is 12.2 Å². The van der Waals surface area contributed by atoms with Crippen LogP contribution >= 0.6 is 0 Å². The number of aliphatic hydroxyl groups is 2. The van der Waals surface area contributed by atoms with Crippen molar-refractivity contribution in [1.29, 1.82) is 0 Å². The maximum absolute atomic E-state index is 11.9. The Hall–Kier alpha value is -2.44. The van der Waals surface area contributed by atoms with E-state index in [1.165, 1.54) is 0 Å². The first-order valence-corrected chi connectivity index (χ1v) is 14.0. The molecule has 210 valence electrons. The third-order valence-corrected chi connectivity index (χ3v) is 5.43. The minimum atomic E-state index is -0.841. The molecule has 2 N–H and O–H groups in total. The smallest absolute Gasteiger partial charge is 0.306 e. The minimum absolute atomic E-state index is 0.151. The van der Waals surface area contributed by atoms with E-state index in [0.717, 1.165) is 57.8 Å². The Morgan fingerprint density at radius 1 is 0.757 bits per heavy atom. The molecule has 0 heterocycles. The monoisotopic (exact) mass is 518 g/mol. The van der Waals surface area contributed by atoms with Crippen molar-refractivity contribution >= 4 is 11.9 Å². The van der Waals surface area contributed by atoms with Crippen molar-refractivity contribution in [3.8, 4) is 0 Å². The minimum Gasteiger partial charge on any atom is -0.462 e. The Morgan fingerprint density at radius 3 is 2.03 bits per heavy atom. The average molecular weight is 519 g/mol. The summed E-state index contributed by atoms with van der Waals surface area (Å²) in [5, 5.41) is 19.4. The number of carbonyl (C=O) groups excluding carboxylic acids is 2. The van der Waals surface area contributed by atoms with E-state index in [1.807, 2.05) is 12.2 Å². The van der Waals surface area contributed by atoms with Crippen molar-refractivity contribution in [3.05, 3.63) is 60.8 Å². The van der Waals surface area contributed by atoms with Gasteiger partial charge in [0.1, 0.15) is 6.61 Å². The molecule has 0 bridgehead atoms. The maximum Gasteiger partial charge on any atom is 0.306 e. The molecule has 6 heteroatoms. The second-order valence-electron chi connectivity index (χ2n) is 8.94.